The van der Waals surface area contributed by atoms with Crippen LogP contribution in [0.5, 0.6) is 0 Å². The van der Waals surface area contributed by atoms with Gasteiger partial charge in [-0.1, -0.05) is 0 Å². The highest BCUT2D eigenvalue weighted by atomic mass is 16.5. The lowest BCUT2D eigenvalue weighted by atomic mass is 10.2. The summed E-state index contributed by atoms with van der Waals surface area (Å²) in [6.07, 6.45) is 2.25. The summed E-state index contributed by atoms with van der Waals surface area (Å²) in [7, 11) is 1.37. The minimum atomic E-state index is -0.339. The lowest BCUT2D eigenvalue weighted by Gasteiger charge is -2.04. The normalized spacial score (nSPS) is 15.1. The first kappa shape index (κ1) is 10.1. The Bertz CT molecular complexity index is 599. The Kier molecular flexibility index (Phi) is 2.07. The van der Waals surface area contributed by atoms with Crippen molar-refractivity contribution in [2.45, 2.75) is 18.9 Å². The van der Waals surface area contributed by atoms with E-state index in [0.717, 1.165) is 23.9 Å². The van der Waals surface area contributed by atoms with E-state index in [0.29, 0.717) is 17.6 Å². The van der Waals surface area contributed by atoms with Crippen molar-refractivity contribution in [1.82, 2.24) is 9.55 Å². The molecule has 0 atom stereocenters. The van der Waals surface area contributed by atoms with E-state index in [4.69, 9.17) is 10.5 Å². The Labute approximate surface area is 98.2 Å². The SMILES string of the molecule is COC(=O)c1ccc2nc(N)n(C3CC3)c2c1. The molecule has 0 bridgehead atoms. The zero-order valence-electron chi connectivity index (χ0n) is 9.51. The third-order valence-corrected chi connectivity index (χ3v) is 3.05. The molecule has 1 aromatic carbocycles. The Morgan fingerprint density at radius 2 is 2.29 bits per heavy atom. The molecule has 0 spiro atoms. The summed E-state index contributed by atoms with van der Waals surface area (Å²) in [5.74, 6) is 0.179. The Hall–Kier alpha value is -2.04. The van der Waals surface area contributed by atoms with Crippen LogP contribution in [-0.4, -0.2) is 22.6 Å². The average molecular weight is 231 g/mol. The molecule has 1 aromatic heterocycles. The van der Waals surface area contributed by atoms with Crippen LogP contribution >= 0.6 is 0 Å². The van der Waals surface area contributed by atoms with E-state index in [9.17, 15) is 4.79 Å². The Morgan fingerprint density at radius 1 is 1.53 bits per heavy atom. The van der Waals surface area contributed by atoms with Crippen molar-refractivity contribution < 1.29 is 9.53 Å². The van der Waals surface area contributed by atoms with Gasteiger partial charge in [-0.3, -0.25) is 0 Å². The number of fused-ring (bicyclic) bond motifs is 1. The number of nitrogen functional groups attached to an aromatic ring is 1. The van der Waals surface area contributed by atoms with Crippen LogP contribution in [0.3, 0.4) is 0 Å². The fraction of sp³-hybridized carbons (Fsp3) is 0.333. The quantitative estimate of drug-likeness (QED) is 0.799. The standard InChI is InChI=1S/C12H13N3O2/c1-17-11(16)7-2-5-9-10(6-7)15(8-3-4-8)12(13)14-9/h2,5-6,8H,3-4H2,1H3,(H2,13,14). The lowest BCUT2D eigenvalue weighted by molar-refractivity contribution is 0.0601. The van der Waals surface area contributed by atoms with Crippen LogP contribution in [0, 0.1) is 0 Å². The van der Waals surface area contributed by atoms with Crippen LogP contribution in [0.25, 0.3) is 11.0 Å². The van der Waals surface area contributed by atoms with Crippen molar-refractivity contribution >= 4 is 23.0 Å². The predicted octanol–water partition coefficient (Wildman–Crippen LogP) is 1.74. The molecule has 1 aliphatic carbocycles. The number of esters is 1. The summed E-state index contributed by atoms with van der Waals surface area (Å²) in [5, 5.41) is 0. The molecule has 17 heavy (non-hydrogen) atoms. The lowest BCUT2D eigenvalue weighted by Crippen LogP contribution is -2.03. The molecule has 0 saturated heterocycles. The predicted molar refractivity (Wildman–Crippen MR) is 63.8 cm³/mol. The van der Waals surface area contributed by atoms with Gasteiger partial charge in [0.05, 0.1) is 23.7 Å². The number of hydrogen-bond donors (Lipinski definition) is 1. The maximum atomic E-state index is 11.5. The van der Waals surface area contributed by atoms with Gasteiger partial charge >= 0.3 is 5.97 Å². The number of ether oxygens (including phenoxy) is 1. The third-order valence-electron chi connectivity index (χ3n) is 3.05. The first-order valence-corrected chi connectivity index (χ1v) is 5.56. The molecule has 5 nitrogen and oxygen atoms in total. The van der Waals surface area contributed by atoms with E-state index in [-0.39, 0.29) is 5.97 Å². The largest absolute Gasteiger partial charge is 0.465 e. The Morgan fingerprint density at radius 3 is 2.94 bits per heavy atom. The van der Waals surface area contributed by atoms with Crippen molar-refractivity contribution in [3.8, 4) is 0 Å². The number of nitrogens with two attached hydrogens (primary N) is 1. The fourth-order valence-electron chi connectivity index (χ4n) is 2.07. The van der Waals surface area contributed by atoms with Crippen molar-refractivity contribution in [3.63, 3.8) is 0 Å². The highest BCUT2D eigenvalue weighted by molar-refractivity contribution is 5.94. The number of benzene rings is 1. The van der Waals surface area contributed by atoms with Gasteiger partial charge in [-0.25, -0.2) is 9.78 Å². The van der Waals surface area contributed by atoms with Crippen molar-refractivity contribution in [2.24, 2.45) is 0 Å². The molecule has 0 aliphatic heterocycles. The minimum absolute atomic E-state index is 0.339. The van der Waals surface area contributed by atoms with Gasteiger partial charge in [0, 0.05) is 6.04 Å². The van der Waals surface area contributed by atoms with Crippen LogP contribution in [0.1, 0.15) is 29.2 Å². The molecule has 1 saturated carbocycles. The summed E-state index contributed by atoms with van der Waals surface area (Å²) in [5.41, 5.74) is 8.15. The summed E-state index contributed by atoms with van der Waals surface area (Å²) in [4.78, 5) is 15.8. The number of carbonyl (C=O) groups is 1. The summed E-state index contributed by atoms with van der Waals surface area (Å²) in [6.45, 7) is 0. The van der Waals surface area contributed by atoms with Crippen molar-refractivity contribution in [1.29, 1.82) is 0 Å². The second-order valence-corrected chi connectivity index (χ2v) is 4.27. The van der Waals surface area contributed by atoms with Crippen LogP contribution in [0.4, 0.5) is 5.95 Å². The maximum Gasteiger partial charge on any atom is 0.337 e. The number of hydrogen-bond acceptors (Lipinski definition) is 4. The summed E-state index contributed by atoms with van der Waals surface area (Å²) >= 11 is 0. The van der Waals surface area contributed by atoms with Crippen LogP contribution in [0.2, 0.25) is 0 Å². The number of methoxy groups -OCH3 is 1. The number of aromatic nitrogens is 2. The second-order valence-electron chi connectivity index (χ2n) is 4.27. The molecule has 1 aliphatic rings. The van der Waals surface area contributed by atoms with E-state index in [2.05, 4.69) is 4.98 Å². The second kappa shape index (κ2) is 3.48. The molecule has 1 fully saturated rings. The molecule has 0 amide bonds. The molecular formula is C12H13N3O2. The molecule has 0 radical (unpaired) electrons. The Balaban J connectivity index is 2.19. The smallest absolute Gasteiger partial charge is 0.337 e. The van der Waals surface area contributed by atoms with Crippen molar-refractivity contribution in [2.75, 3.05) is 12.8 Å². The van der Waals surface area contributed by atoms with Gasteiger partial charge in [0.25, 0.3) is 0 Å². The molecule has 88 valence electrons. The van der Waals surface area contributed by atoms with Gasteiger partial charge in [-0.05, 0) is 31.0 Å². The van der Waals surface area contributed by atoms with Crippen LogP contribution in [-0.2, 0) is 4.74 Å². The number of nitrogens with zero attached hydrogens (tertiary/aromatic N) is 2. The third kappa shape index (κ3) is 1.54. The summed E-state index contributed by atoms with van der Waals surface area (Å²) in [6, 6.07) is 5.74. The van der Waals surface area contributed by atoms with E-state index in [1.807, 2.05) is 4.57 Å². The molecule has 1 heterocycles. The zero-order chi connectivity index (χ0) is 12.0. The highest BCUT2D eigenvalue weighted by Gasteiger charge is 2.27. The minimum Gasteiger partial charge on any atom is -0.465 e. The van der Waals surface area contributed by atoms with Gasteiger partial charge in [-0.15, -0.1) is 0 Å². The molecule has 2 aromatic rings. The van der Waals surface area contributed by atoms with Gasteiger partial charge in [0.15, 0.2) is 0 Å². The number of rotatable bonds is 2. The van der Waals surface area contributed by atoms with E-state index < -0.39 is 0 Å². The van der Waals surface area contributed by atoms with Gasteiger partial charge in [0.1, 0.15) is 0 Å². The first-order chi connectivity index (χ1) is 8.20. The van der Waals surface area contributed by atoms with Gasteiger partial charge in [0.2, 0.25) is 5.95 Å². The van der Waals surface area contributed by atoms with Gasteiger partial charge in [-0.2, -0.15) is 0 Å². The molecule has 3 rings (SSSR count). The van der Waals surface area contributed by atoms with Gasteiger partial charge < -0.3 is 15.0 Å². The van der Waals surface area contributed by atoms with Crippen molar-refractivity contribution in [3.05, 3.63) is 23.8 Å². The molecular weight excluding hydrogens is 218 g/mol. The fourth-order valence-corrected chi connectivity index (χ4v) is 2.07. The number of imidazole rings is 1. The van der Waals surface area contributed by atoms with E-state index in [1.165, 1.54) is 7.11 Å². The maximum absolute atomic E-state index is 11.5. The van der Waals surface area contributed by atoms with Crippen LogP contribution < -0.4 is 5.73 Å². The average Bonchev–Trinajstić information content (AvgIpc) is 3.10. The highest BCUT2D eigenvalue weighted by Crippen LogP contribution is 2.39. The monoisotopic (exact) mass is 231 g/mol. The van der Waals surface area contributed by atoms with E-state index >= 15 is 0 Å². The first-order valence-electron chi connectivity index (χ1n) is 5.56. The number of carbonyl (C=O) groups excluding carboxylic acids is 1. The van der Waals surface area contributed by atoms with Crippen LogP contribution in [0.15, 0.2) is 18.2 Å². The zero-order valence-corrected chi connectivity index (χ0v) is 9.51. The number of anilines is 1. The molecule has 0 unspecified atom stereocenters. The summed E-state index contributed by atoms with van der Waals surface area (Å²) < 4.78 is 6.71. The molecule has 5 heteroatoms. The van der Waals surface area contributed by atoms with E-state index in [1.54, 1.807) is 18.2 Å². The molecule has 2 N–H and O–H groups in total. The topological polar surface area (TPSA) is 70.1 Å².